The Balaban J connectivity index is 2.50. The van der Waals surface area contributed by atoms with E-state index in [-0.39, 0.29) is 29.8 Å². The molecule has 0 heterocycles. The van der Waals surface area contributed by atoms with Gasteiger partial charge in [0.2, 0.25) is 15.9 Å². The molecule has 0 saturated heterocycles. The van der Waals surface area contributed by atoms with Gasteiger partial charge in [0.25, 0.3) is 0 Å². The second-order valence-electron chi connectivity index (χ2n) is 5.59. The van der Waals surface area contributed by atoms with E-state index in [1.165, 1.54) is 0 Å². The molecule has 0 aliphatic rings. The van der Waals surface area contributed by atoms with Gasteiger partial charge >= 0.3 is 0 Å². The molecule has 21 heavy (non-hydrogen) atoms. The van der Waals surface area contributed by atoms with Gasteiger partial charge in [-0.2, -0.15) is 0 Å². The zero-order chi connectivity index (χ0) is 16.0. The van der Waals surface area contributed by atoms with Crippen LogP contribution in [0.25, 0.3) is 0 Å². The fraction of sp³-hybridized carbons (Fsp3) is 0.533. The van der Waals surface area contributed by atoms with Crippen molar-refractivity contribution in [1.29, 1.82) is 0 Å². The van der Waals surface area contributed by atoms with Crippen molar-refractivity contribution in [3.8, 4) is 0 Å². The third-order valence-corrected chi connectivity index (χ3v) is 4.58. The summed E-state index contributed by atoms with van der Waals surface area (Å²) in [4.78, 5) is 11.7. The quantitative estimate of drug-likeness (QED) is 0.753. The molecule has 1 aromatic rings. The molecule has 118 valence electrons. The zero-order valence-electron chi connectivity index (χ0n) is 13.1. The minimum absolute atomic E-state index is 0.0598. The molecule has 2 N–H and O–H groups in total. The van der Waals surface area contributed by atoms with Gasteiger partial charge in [-0.3, -0.25) is 4.79 Å². The highest BCUT2D eigenvalue weighted by Crippen LogP contribution is 2.14. The van der Waals surface area contributed by atoms with Gasteiger partial charge in [0.1, 0.15) is 0 Å². The SMILES string of the molecule is Cc1ccc(S(=O)(=O)NCCNC(=O)CC(C)C)cc1C. The second-order valence-corrected chi connectivity index (χ2v) is 7.36. The number of aryl methyl sites for hydroxylation is 2. The van der Waals surface area contributed by atoms with Crippen molar-refractivity contribution >= 4 is 15.9 Å². The number of carbonyl (C=O) groups excluding carboxylic acids is 1. The summed E-state index contributed by atoms with van der Waals surface area (Å²) in [5.74, 6) is 0.229. The van der Waals surface area contributed by atoms with E-state index >= 15 is 0 Å². The first-order chi connectivity index (χ1) is 9.72. The molecule has 0 fully saturated rings. The van der Waals surface area contributed by atoms with Crippen molar-refractivity contribution in [2.75, 3.05) is 13.1 Å². The first-order valence-electron chi connectivity index (χ1n) is 7.06. The van der Waals surface area contributed by atoms with Gasteiger partial charge in [0.15, 0.2) is 0 Å². The Morgan fingerprint density at radius 3 is 2.38 bits per heavy atom. The summed E-state index contributed by atoms with van der Waals surface area (Å²) in [7, 11) is -3.52. The summed E-state index contributed by atoms with van der Waals surface area (Å²) in [6.07, 6.45) is 0.448. The average Bonchev–Trinajstić information content (AvgIpc) is 2.37. The van der Waals surface area contributed by atoms with Crippen LogP contribution in [0.15, 0.2) is 23.1 Å². The third kappa shape index (κ3) is 5.85. The summed E-state index contributed by atoms with van der Waals surface area (Å²) >= 11 is 0. The molecule has 0 spiro atoms. The van der Waals surface area contributed by atoms with Gasteiger partial charge < -0.3 is 5.32 Å². The highest BCUT2D eigenvalue weighted by atomic mass is 32.2. The molecule has 0 bridgehead atoms. The normalized spacial score (nSPS) is 11.7. The zero-order valence-corrected chi connectivity index (χ0v) is 13.9. The van der Waals surface area contributed by atoms with Gasteiger partial charge in [-0.05, 0) is 43.0 Å². The number of carbonyl (C=O) groups is 1. The van der Waals surface area contributed by atoms with Gasteiger partial charge in [-0.15, -0.1) is 0 Å². The van der Waals surface area contributed by atoms with E-state index < -0.39 is 10.0 Å². The lowest BCUT2D eigenvalue weighted by molar-refractivity contribution is -0.121. The van der Waals surface area contributed by atoms with Gasteiger partial charge in [-0.1, -0.05) is 19.9 Å². The topological polar surface area (TPSA) is 75.3 Å². The molecule has 0 saturated carbocycles. The first kappa shape index (κ1) is 17.7. The lowest BCUT2D eigenvalue weighted by Gasteiger charge is -2.10. The van der Waals surface area contributed by atoms with E-state index in [1.807, 2.05) is 27.7 Å². The van der Waals surface area contributed by atoms with E-state index in [4.69, 9.17) is 0 Å². The molecule has 5 nitrogen and oxygen atoms in total. The Morgan fingerprint density at radius 2 is 1.81 bits per heavy atom. The van der Waals surface area contributed by atoms with Crippen LogP contribution in [0.4, 0.5) is 0 Å². The molecule has 0 aliphatic heterocycles. The molecule has 1 aromatic carbocycles. The Morgan fingerprint density at radius 1 is 1.14 bits per heavy atom. The average molecular weight is 312 g/mol. The molecule has 0 atom stereocenters. The maximum Gasteiger partial charge on any atom is 0.240 e. The highest BCUT2D eigenvalue weighted by Gasteiger charge is 2.14. The Labute approximate surface area is 127 Å². The smallest absolute Gasteiger partial charge is 0.240 e. The number of rotatable bonds is 7. The molecule has 0 unspecified atom stereocenters. The van der Waals surface area contributed by atoms with Crippen LogP contribution in [-0.2, 0) is 14.8 Å². The van der Waals surface area contributed by atoms with Crippen LogP contribution in [0, 0.1) is 19.8 Å². The van der Waals surface area contributed by atoms with E-state index in [0.29, 0.717) is 6.42 Å². The Kier molecular flexibility index (Phi) is 6.36. The van der Waals surface area contributed by atoms with Gasteiger partial charge in [0, 0.05) is 19.5 Å². The molecule has 0 aliphatic carbocycles. The Bertz CT molecular complexity index is 595. The fourth-order valence-electron chi connectivity index (χ4n) is 1.79. The van der Waals surface area contributed by atoms with E-state index in [1.54, 1.807) is 18.2 Å². The monoisotopic (exact) mass is 312 g/mol. The van der Waals surface area contributed by atoms with Crippen molar-refractivity contribution in [3.63, 3.8) is 0 Å². The van der Waals surface area contributed by atoms with Crippen molar-refractivity contribution < 1.29 is 13.2 Å². The minimum atomic E-state index is -3.52. The summed E-state index contributed by atoms with van der Waals surface area (Å²) in [5, 5.41) is 2.69. The molecule has 1 amide bonds. The summed E-state index contributed by atoms with van der Waals surface area (Å²) in [6.45, 7) is 8.20. The lowest BCUT2D eigenvalue weighted by atomic mass is 10.1. The predicted octanol–water partition coefficient (Wildman–Crippen LogP) is 1.74. The number of benzene rings is 1. The fourth-order valence-corrected chi connectivity index (χ4v) is 2.91. The summed E-state index contributed by atoms with van der Waals surface area (Å²) in [5.41, 5.74) is 1.98. The maximum absolute atomic E-state index is 12.1. The van der Waals surface area contributed by atoms with Crippen LogP contribution in [0.1, 0.15) is 31.4 Å². The Hall–Kier alpha value is -1.40. The van der Waals surface area contributed by atoms with Crippen LogP contribution in [0.5, 0.6) is 0 Å². The van der Waals surface area contributed by atoms with Crippen LogP contribution >= 0.6 is 0 Å². The van der Waals surface area contributed by atoms with Gasteiger partial charge in [-0.25, -0.2) is 13.1 Å². The molecule has 0 radical (unpaired) electrons. The molecule has 0 aromatic heterocycles. The number of hydrogen-bond acceptors (Lipinski definition) is 3. The van der Waals surface area contributed by atoms with Crippen molar-refractivity contribution in [2.24, 2.45) is 5.92 Å². The van der Waals surface area contributed by atoms with Crippen molar-refractivity contribution in [1.82, 2.24) is 10.0 Å². The van der Waals surface area contributed by atoms with Crippen LogP contribution in [0.3, 0.4) is 0 Å². The summed E-state index contributed by atoms with van der Waals surface area (Å²) in [6, 6.07) is 5.02. The first-order valence-corrected chi connectivity index (χ1v) is 8.54. The van der Waals surface area contributed by atoms with E-state index in [9.17, 15) is 13.2 Å². The van der Waals surface area contributed by atoms with Crippen molar-refractivity contribution in [3.05, 3.63) is 29.3 Å². The van der Waals surface area contributed by atoms with Crippen LogP contribution < -0.4 is 10.0 Å². The maximum atomic E-state index is 12.1. The number of amides is 1. The predicted molar refractivity (Wildman–Crippen MR) is 83.6 cm³/mol. The second kappa shape index (κ2) is 7.56. The van der Waals surface area contributed by atoms with Crippen molar-refractivity contribution in [2.45, 2.75) is 39.0 Å². The largest absolute Gasteiger partial charge is 0.355 e. The summed E-state index contributed by atoms with van der Waals surface area (Å²) < 4.78 is 26.7. The minimum Gasteiger partial charge on any atom is -0.355 e. The van der Waals surface area contributed by atoms with E-state index in [0.717, 1.165) is 11.1 Å². The van der Waals surface area contributed by atoms with E-state index in [2.05, 4.69) is 10.0 Å². The van der Waals surface area contributed by atoms with Gasteiger partial charge in [0.05, 0.1) is 4.90 Å². The van der Waals surface area contributed by atoms with Crippen LogP contribution in [-0.4, -0.2) is 27.4 Å². The number of sulfonamides is 1. The number of hydrogen-bond donors (Lipinski definition) is 2. The standard InChI is InChI=1S/C15H24N2O3S/c1-11(2)9-15(18)16-7-8-17-21(19,20)14-6-5-12(3)13(4)10-14/h5-6,10-11,17H,7-9H2,1-4H3,(H,16,18). The number of nitrogens with one attached hydrogen (secondary N) is 2. The molecule has 1 rings (SSSR count). The molecule has 6 heteroatoms. The third-order valence-electron chi connectivity index (χ3n) is 3.12. The van der Waals surface area contributed by atoms with Crippen LogP contribution in [0.2, 0.25) is 0 Å². The molecular weight excluding hydrogens is 288 g/mol. The molecular formula is C15H24N2O3S. The lowest BCUT2D eigenvalue weighted by Crippen LogP contribution is -2.35. The highest BCUT2D eigenvalue weighted by molar-refractivity contribution is 7.89.